The Hall–Kier alpha value is -0.430. The van der Waals surface area contributed by atoms with Crippen molar-refractivity contribution in [1.29, 1.82) is 0 Å². The summed E-state index contributed by atoms with van der Waals surface area (Å²) < 4.78 is 31.9. The SMILES string of the molecule is CCNC(=NCCc1ccsc1)N1CCN(S(=O)(=O)CCOC(C)C)CC1.I. The zero-order chi connectivity index (χ0) is 19.7. The first-order valence-corrected chi connectivity index (χ1v) is 12.1. The van der Waals surface area contributed by atoms with Crippen molar-refractivity contribution >= 4 is 51.3 Å². The number of sulfonamides is 1. The highest BCUT2D eigenvalue weighted by molar-refractivity contribution is 14.0. The third-order valence-electron chi connectivity index (χ3n) is 4.30. The van der Waals surface area contributed by atoms with Crippen LogP contribution in [-0.4, -0.2) is 81.3 Å². The van der Waals surface area contributed by atoms with Crippen molar-refractivity contribution in [2.24, 2.45) is 4.99 Å². The molecule has 0 aliphatic carbocycles. The van der Waals surface area contributed by atoms with E-state index in [2.05, 4.69) is 27.0 Å². The molecule has 2 heterocycles. The maximum absolute atomic E-state index is 12.5. The molecule has 7 nitrogen and oxygen atoms in total. The van der Waals surface area contributed by atoms with Crippen LogP contribution in [0.25, 0.3) is 0 Å². The Kier molecular flexibility index (Phi) is 11.9. The van der Waals surface area contributed by atoms with Crippen molar-refractivity contribution < 1.29 is 13.2 Å². The number of hydrogen-bond acceptors (Lipinski definition) is 5. The van der Waals surface area contributed by atoms with E-state index in [1.807, 2.05) is 20.8 Å². The van der Waals surface area contributed by atoms with E-state index in [0.29, 0.717) is 26.2 Å². The van der Waals surface area contributed by atoms with E-state index in [1.165, 1.54) is 5.56 Å². The van der Waals surface area contributed by atoms with Crippen LogP contribution in [0.4, 0.5) is 0 Å². The molecule has 0 unspecified atom stereocenters. The fourth-order valence-electron chi connectivity index (χ4n) is 2.85. The third kappa shape index (κ3) is 8.52. The maximum Gasteiger partial charge on any atom is 0.216 e. The molecule has 1 aliphatic rings. The highest BCUT2D eigenvalue weighted by atomic mass is 127. The number of halogens is 1. The van der Waals surface area contributed by atoms with E-state index in [4.69, 9.17) is 9.73 Å². The van der Waals surface area contributed by atoms with Gasteiger partial charge in [-0.1, -0.05) is 0 Å². The average Bonchev–Trinajstić information content (AvgIpc) is 3.14. The van der Waals surface area contributed by atoms with Gasteiger partial charge in [0.25, 0.3) is 0 Å². The van der Waals surface area contributed by atoms with Crippen molar-refractivity contribution in [2.45, 2.75) is 33.3 Å². The Bertz CT molecular complexity index is 673. The van der Waals surface area contributed by atoms with E-state index in [0.717, 1.165) is 25.5 Å². The van der Waals surface area contributed by atoms with E-state index >= 15 is 0 Å². The number of guanidine groups is 1. The quantitative estimate of drug-likeness (QED) is 0.293. The Morgan fingerprint density at radius 1 is 1.32 bits per heavy atom. The second-order valence-electron chi connectivity index (χ2n) is 6.74. The highest BCUT2D eigenvalue weighted by Crippen LogP contribution is 2.10. The number of piperazine rings is 1. The summed E-state index contributed by atoms with van der Waals surface area (Å²) in [5.74, 6) is 0.910. The van der Waals surface area contributed by atoms with E-state index in [1.54, 1.807) is 15.6 Å². The molecule has 1 N–H and O–H groups in total. The number of rotatable bonds is 9. The number of nitrogens with zero attached hydrogens (tertiary/aromatic N) is 3. The summed E-state index contributed by atoms with van der Waals surface area (Å²) in [6.07, 6.45) is 0.966. The number of aliphatic imine (C=N–C) groups is 1. The summed E-state index contributed by atoms with van der Waals surface area (Å²) in [5.41, 5.74) is 1.30. The van der Waals surface area contributed by atoms with Crippen LogP contribution in [-0.2, 0) is 21.2 Å². The molecule has 1 aromatic heterocycles. The van der Waals surface area contributed by atoms with Crippen LogP contribution in [0.15, 0.2) is 21.8 Å². The van der Waals surface area contributed by atoms with Crippen molar-refractivity contribution in [3.05, 3.63) is 22.4 Å². The molecule has 1 fully saturated rings. The standard InChI is InChI=1S/C18H32N4O3S2.HI/c1-4-19-18(20-7-5-17-6-13-26-15-17)21-8-10-22(11-9-21)27(23,24)14-12-25-16(2)3;/h6,13,15-16H,4-5,7-12,14H2,1-3H3,(H,19,20);1H. The van der Waals surface area contributed by atoms with Crippen molar-refractivity contribution in [1.82, 2.24) is 14.5 Å². The van der Waals surface area contributed by atoms with E-state index in [9.17, 15) is 8.42 Å². The molecular weight excluding hydrogens is 511 g/mol. The molecule has 0 atom stereocenters. The molecule has 1 aromatic rings. The van der Waals surface area contributed by atoms with E-state index < -0.39 is 10.0 Å². The van der Waals surface area contributed by atoms with Crippen LogP contribution < -0.4 is 5.32 Å². The number of hydrogen-bond donors (Lipinski definition) is 1. The normalized spacial score (nSPS) is 16.3. The fraction of sp³-hybridized carbons (Fsp3) is 0.722. The van der Waals surface area contributed by atoms with Gasteiger partial charge in [-0.05, 0) is 49.6 Å². The molecular formula is C18H33IN4O3S2. The zero-order valence-corrected chi connectivity index (χ0v) is 20.9. The van der Waals surface area contributed by atoms with Gasteiger partial charge in [-0.3, -0.25) is 4.99 Å². The van der Waals surface area contributed by atoms with Gasteiger partial charge in [0.2, 0.25) is 10.0 Å². The summed E-state index contributed by atoms with van der Waals surface area (Å²) in [6.45, 7) is 9.89. The summed E-state index contributed by atoms with van der Waals surface area (Å²) in [7, 11) is -3.26. The molecule has 0 bridgehead atoms. The van der Waals surface area contributed by atoms with Crippen LogP contribution in [0.1, 0.15) is 26.3 Å². The van der Waals surface area contributed by atoms with Gasteiger partial charge in [-0.25, -0.2) is 8.42 Å². The van der Waals surface area contributed by atoms with Crippen LogP contribution in [0, 0.1) is 0 Å². The van der Waals surface area contributed by atoms with E-state index in [-0.39, 0.29) is 42.4 Å². The van der Waals surface area contributed by atoms with Crippen LogP contribution in [0.2, 0.25) is 0 Å². The number of nitrogens with one attached hydrogen (secondary N) is 1. The van der Waals surface area contributed by atoms with Crippen molar-refractivity contribution in [3.63, 3.8) is 0 Å². The van der Waals surface area contributed by atoms with Gasteiger partial charge < -0.3 is 15.0 Å². The monoisotopic (exact) mass is 544 g/mol. The van der Waals surface area contributed by atoms with Gasteiger partial charge in [0.05, 0.1) is 18.5 Å². The van der Waals surface area contributed by atoms with Crippen molar-refractivity contribution in [3.8, 4) is 0 Å². The Morgan fingerprint density at radius 3 is 2.61 bits per heavy atom. The molecule has 0 saturated carbocycles. The second-order valence-corrected chi connectivity index (χ2v) is 9.61. The lowest BCUT2D eigenvalue weighted by Gasteiger charge is -2.36. The topological polar surface area (TPSA) is 74.2 Å². The van der Waals surface area contributed by atoms with Gasteiger partial charge in [0, 0.05) is 39.3 Å². The molecule has 0 aromatic carbocycles. The molecule has 1 aliphatic heterocycles. The lowest BCUT2D eigenvalue weighted by Crippen LogP contribution is -2.54. The van der Waals surface area contributed by atoms with Crippen LogP contribution >= 0.6 is 35.3 Å². The second kappa shape index (κ2) is 13.0. The number of ether oxygens (including phenoxy) is 1. The fourth-order valence-corrected chi connectivity index (χ4v) is 4.84. The van der Waals surface area contributed by atoms with Gasteiger partial charge in [0.15, 0.2) is 5.96 Å². The Labute approximate surface area is 190 Å². The Balaban J connectivity index is 0.00000392. The number of thiophene rings is 1. The third-order valence-corrected chi connectivity index (χ3v) is 6.87. The first-order chi connectivity index (χ1) is 12.9. The minimum absolute atomic E-state index is 0. The zero-order valence-electron chi connectivity index (χ0n) is 17.0. The molecule has 28 heavy (non-hydrogen) atoms. The van der Waals surface area contributed by atoms with Crippen molar-refractivity contribution in [2.75, 3.05) is 51.6 Å². The average molecular weight is 545 g/mol. The maximum atomic E-state index is 12.5. The molecule has 1 saturated heterocycles. The minimum atomic E-state index is -3.26. The molecule has 162 valence electrons. The summed E-state index contributed by atoms with van der Waals surface area (Å²) in [4.78, 5) is 6.86. The van der Waals surface area contributed by atoms with Gasteiger partial charge >= 0.3 is 0 Å². The summed E-state index contributed by atoms with van der Waals surface area (Å²) in [6, 6.07) is 2.12. The van der Waals surface area contributed by atoms with Crippen LogP contribution in [0.5, 0.6) is 0 Å². The summed E-state index contributed by atoms with van der Waals surface area (Å²) in [5, 5.41) is 7.55. The van der Waals surface area contributed by atoms with Gasteiger partial charge in [0.1, 0.15) is 0 Å². The molecule has 0 amide bonds. The van der Waals surface area contributed by atoms with Gasteiger partial charge in [-0.15, -0.1) is 24.0 Å². The lowest BCUT2D eigenvalue weighted by molar-refractivity contribution is 0.0904. The first-order valence-electron chi connectivity index (χ1n) is 9.56. The smallest absolute Gasteiger partial charge is 0.216 e. The Morgan fingerprint density at radius 2 is 2.04 bits per heavy atom. The molecule has 2 rings (SSSR count). The summed E-state index contributed by atoms with van der Waals surface area (Å²) >= 11 is 1.70. The first kappa shape index (κ1) is 25.6. The van der Waals surface area contributed by atoms with Gasteiger partial charge in [-0.2, -0.15) is 15.6 Å². The predicted octanol–water partition coefficient (Wildman–Crippen LogP) is 2.25. The molecule has 0 radical (unpaired) electrons. The minimum Gasteiger partial charge on any atom is -0.378 e. The van der Waals surface area contributed by atoms with Crippen LogP contribution in [0.3, 0.4) is 0 Å². The highest BCUT2D eigenvalue weighted by Gasteiger charge is 2.27. The largest absolute Gasteiger partial charge is 0.378 e. The predicted molar refractivity (Wildman–Crippen MR) is 127 cm³/mol. The molecule has 10 heteroatoms. The lowest BCUT2D eigenvalue weighted by atomic mass is 10.2. The molecule has 0 spiro atoms.